The molecule has 2 rings (SSSR count). The first-order chi connectivity index (χ1) is 10.7. The van der Waals surface area contributed by atoms with Crippen LogP contribution in [0.3, 0.4) is 0 Å². The van der Waals surface area contributed by atoms with E-state index in [0.29, 0.717) is 28.4 Å². The van der Waals surface area contributed by atoms with E-state index < -0.39 is 0 Å². The maximum absolute atomic E-state index is 5.67. The third-order valence-electron chi connectivity index (χ3n) is 2.83. The van der Waals surface area contributed by atoms with Crippen molar-refractivity contribution >= 4 is 23.5 Å². The largest absolute Gasteiger partial charge is 0.493 e. The summed E-state index contributed by atoms with van der Waals surface area (Å²) >= 11 is 3.32. The first kappa shape index (κ1) is 16.8. The molecule has 8 heteroatoms. The molecule has 0 fully saturated rings. The molecule has 22 heavy (non-hydrogen) atoms. The van der Waals surface area contributed by atoms with Crippen LogP contribution in [0.1, 0.15) is 0 Å². The number of hydrogen-bond donors (Lipinski definition) is 0. The van der Waals surface area contributed by atoms with Gasteiger partial charge >= 0.3 is 0 Å². The third-order valence-corrected chi connectivity index (χ3v) is 4.52. The van der Waals surface area contributed by atoms with Gasteiger partial charge in [-0.05, 0) is 18.4 Å². The highest BCUT2D eigenvalue weighted by Crippen LogP contribution is 2.41. The van der Waals surface area contributed by atoms with E-state index in [2.05, 4.69) is 16.5 Å². The Balaban J connectivity index is 2.28. The minimum absolute atomic E-state index is 0.422. The standard InChI is InChI=1S/C14H18N2O4S2/c1-17-10-7-9(8-11(18-2)12(10)19-3)13-15-16-14(20-13)22-6-5-21-4/h7-8H,5-6H2,1-4H3. The van der Waals surface area contributed by atoms with Gasteiger partial charge in [0, 0.05) is 17.1 Å². The Morgan fingerprint density at radius 2 is 1.68 bits per heavy atom. The minimum atomic E-state index is 0.422. The van der Waals surface area contributed by atoms with Gasteiger partial charge in [-0.1, -0.05) is 11.8 Å². The van der Waals surface area contributed by atoms with Crippen molar-refractivity contribution in [3.63, 3.8) is 0 Å². The van der Waals surface area contributed by atoms with Gasteiger partial charge in [-0.3, -0.25) is 0 Å². The van der Waals surface area contributed by atoms with E-state index in [0.717, 1.165) is 17.1 Å². The molecule has 0 saturated heterocycles. The van der Waals surface area contributed by atoms with Crippen LogP contribution < -0.4 is 14.2 Å². The number of nitrogens with zero attached hydrogens (tertiary/aromatic N) is 2. The number of methoxy groups -OCH3 is 3. The summed E-state index contributed by atoms with van der Waals surface area (Å²) < 4.78 is 21.6. The molecule has 0 amide bonds. The predicted octanol–water partition coefficient (Wildman–Crippen LogP) is 3.22. The Morgan fingerprint density at radius 3 is 2.23 bits per heavy atom. The van der Waals surface area contributed by atoms with Crippen molar-refractivity contribution in [2.75, 3.05) is 39.1 Å². The van der Waals surface area contributed by atoms with E-state index in [1.54, 1.807) is 45.2 Å². The van der Waals surface area contributed by atoms with E-state index in [1.807, 2.05) is 0 Å². The lowest BCUT2D eigenvalue weighted by molar-refractivity contribution is 0.324. The molecule has 1 aromatic heterocycles. The zero-order valence-corrected chi connectivity index (χ0v) is 14.5. The number of ether oxygens (including phenoxy) is 3. The smallest absolute Gasteiger partial charge is 0.276 e. The van der Waals surface area contributed by atoms with Crippen molar-refractivity contribution in [3.05, 3.63) is 12.1 Å². The van der Waals surface area contributed by atoms with Gasteiger partial charge in [0.1, 0.15) is 0 Å². The summed E-state index contributed by atoms with van der Waals surface area (Å²) in [6.07, 6.45) is 2.07. The molecule has 0 bridgehead atoms. The Labute approximate surface area is 137 Å². The van der Waals surface area contributed by atoms with Crippen LogP contribution in [0.15, 0.2) is 21.8 Å². The molecule has 0 N–H and O–H groups in total. The van der Waals surface area contributed by atoms with Crippen molar-refractivity contribution in [3.8, 4) is 28.7 Å². The van der Waals surface area contributed by atoms with Crippen molar-refractivity contribution in [1.82, 2.24) is 10.2 Å². The zero-order valence-electron chi connectivity index (χ0n) is 12.9. The Morgan fingerprint density at radius 1 is 1.00 bits per heavy atom. The van der Waals surface area contributed by atoms with Gasteiger partial charge in [0.2, 0.25) is 11.6 Å². The first-order valence-electron chi connectivity index (χ1n) is 6.49. The van der Waals surface area contributed by atoms with Gasteiger partial charge in [0.25, 0.3) is 5.22 Å². The fourth-order valence-electron chi connectivity index (χ4n) is 1.80. The average molecular weight is 342 g/mol. The van der Waals surface area contributed by atoms with Gasteiger partial charge in [-0.2, -0.15) is 11.8 Å². The van der Waals surface area contributed by atoms with Crippen LogP contribution in [0.2, 0.25) is 0 Å². The predicted molar refractivity (Wildman–Crippen MR) is 88.5 cm³/mol. The molecular weight excluding hydrogens is 324 g/mol. The van der Waals surface area contributed by atoms with Gasteiger partial charge in [0.05, 0.1) is 21.3 Å². The van der Waals surface area contributed by atoms with E-state index in [-0.39, 0.29) is 0 Å². The van der Waals surface area contributed by atoms with E-state index >= 15 is 0 Å². The molecule has 0 saturated carbocycles. The van der Waals surface area contributed by atoms with E-state index in [1.165, 1.54) is 11.8 Å². The molecule has 0 aliphatic carbocycles. The molecule has 1 aromatic carbocycles. The molecular formula is C14H18N2O4S2. The highest BCUT2D eigenvalue weighted by Gasteiger charge is 2.17. The molecule has 0 aliphatic rings. The molecule has 2 aromatic rings. The van der Waals surface area contributed by atoms with Crippen LogP contribution in [-0.2, 0) is 0 Å². The highest BCUT2D eigenvalue weighted by atomic mass is 32.2. The zero-order chi connectivity index (χ0) is 15.9. The second-order valence-corrected chi connectivity index (χ2v) is 6.16. The summed E-state index contributed by atoms with van der Waals surface area (Å²) in [5, 5.41) is 8.67. The lowest BCUT2D eigenvalue weighted by Crippen LogP contribution is -1.95. The van der Waals surface area contributed by atoms with Crippen LogP contribution in [0.4, 0.5) is 0 Å². The van der Waals surface area contributed by atoms with Crippen LogP contribution in [0, 0.1) is 0 Å². The van der Waals surface area contributed by atoms with Crippen molar-refractivity contribution in [2.24, 2.45) is 0 Å². The van der Waals surface area contributed by atoms with Crippen LogP contribution in [-0.4, -0.2) is 49.3 Å². The Kier molecular flexibility index (Phi) is 6.26. The second-order valence-electron chi connectivity index (χ2n) is 4.13. The van der Waals surface area contributed by atoms with Crippen LogP contribution in [0.25, 0.3) is 11.5 Å². The Bertz CT molecular complexity index is 594. The molecule has 1 heterocycles. The second kappa shape index (κ2) is 8.19. The van der Waals surface area contributed by atoms with E-state index in [4.69, 9.17) is 18.6 Å². The normalized spacial score (nSPS) is 10.5. The number of aromatic nitrogens is 2. The maximum atomic E-state index is 5.67. The quantitative estimate of drug-likeness (QED) is 0.535. The maximum Gasteiger partial charge on any atom is 0.276 e. The van der Waals surface area contributed by atoms with Crippen molar-refractivity contribution in [2.45, 2.75) is 5.22 Å². The lowest BCUT2D eigenvalue weighted by atomic mass is 10.2. The van der Waals surface area contributed by atoms with Crippen molar-refractivity contribution in [1.29, 1.82) is 0 Å². The summed E-state index contributed by atoms with van der Waals surface area (Å²) in [5.74, 6) is 4.01. The van der Waals surface area contributed by atoms with Crippen LogP contribution in [0.5, 0.6) is 17.2 Å². The van der Waals surface area contributed by atoms with Gasteiger partial charge in [-0.15, -0.1) is 10.2 Å². The molecule has 6 nitrogen and oxygen atoms in total. The van der Waals surface area contributed by atoms with Crippen LogP contribution >= 0.6 is 23.5 Å². The summed E-state index contributed by atoms with van der Waals surface area (Å²) in [6.45, 7) is 0. The Hall–Kier alpha value is -1.54. The summed E-state index contributed by atoms with van der Waals surface area (Å²) in [5.41, 5.74) is 0.721. The number of hydrogen-bond acceptors (Lipinski definition) is 8. The van der Waals surface area contributed by atoms with Crippen molar-refractivity contribution < 1.29 is 18.6 Å². The lowest BCUT2D eigenvalue weighted by Gasteiger charge is -2.12. The number of benzene rings is 1. The third kappa shape index (κ3) is 3.80. The summed E-state index contributed by atoms with van der Waals surface area (Å²) in [7, 11) is 4.70. The summed E-state index contributed by atoms with van der Waals surface area (Å²) in [4.78, 5) is 0. The molecule has 0 radical (unpaired) electrons. The fourth-order valence-corrected chi connectivity index (χ4v) is 3.21. The monoisotopic (exact) mass is 342 g/mol. The molecule has 120 valence electrons. The highest BCUT2D eigenvalue weighted by molar-refractivity contribution is 8.02. The SMILES string of the molecule is COc1cc(-c2nnc(SCCSC)o2)cc(OC)c1OC. The topological polar surface area (TPSA) is 66.6 Å². The van der Waals surface area contributed by atoms with Gasteiger partial charge < -0.3 is 18.6 Å². The van der Waals surface area contributed by atoms with Gasteiger partial charge in [-0.25, -0.2) is 0 Å². The number of rotatable bonds is 8. The minimum Gasteiger partial charge on any atom is -0.493 e. The van der Waals surface area contributed by atoms with E-state index in [9.17, 15) is 0 Å². The molecule has 0 aliphatic heterocycles. The first-order valence-corrected chi connectivity index (χ1v) is 8.87. The molecule has 0 spiro atoms. The number of thioether (sulfide) groups is 2. The fraction of sp³-hybridized carbons (Fsp3) is 0.429. The summed E-state index contributed by atoms with van der Waals surface area (Å²) in [6, 6.07) is 3.57. The van der Waals surface area contributed by atoms with Gasteiger partial charge in [0.15, 0.2) is 11.5 Å². The average Bonchev–Trinajstić information content (AvgIpc) is 3.02. The molecule has 0 unspecified atom stereocenters. The molecule has 0 atom stereocenters.